The minimum atomic E-state index is -3.70. The van der Waals surface area contributed by atoms with Gasteiger partial charge in [-0.15, -0.1) is 0 Å². The number of hydrogen-bond donors (Lipinski definition) is 2. The van der Waals surface area contributed by atoms with Crippen LogP contribution in [-0.4, -0.2) is 18.4 Å². The number of aromatic nitrogens is 2. The zero-order chi connectivity index (χ0) is 14.8. The molecule has 2 heterocycles. The Morgan fingerprint density at radius 1 is 1.45 bits per heavy atom. The molecule has 108 valence electrons. The van der Waals surface area contributed by atoms with Crippen LogP contribution in [0, 0.1) is 6.92 Å². The molecule has 0 atom stereocenters. The van der Waals surface area contributed by atoms with E-state index >= 15 is 0 Å². The Balaban J connectivity index is 2.22. The second kappa shape index (κ2) is 5.86. The van der Waals surface area contributed by atoms with Crippen molar-refractivity contribution >= 4 is 21.4 Å². The lowest BCUT2D eigenvalue weighted by Crippen LogP contribution is -2.24. The van der Waals surface area contributed by atoms with E-state index in [4.69, 9.17) is 0 Å². The number of rotatable bonds is 5. The van der Waals surface area contributed by atoms with Gasteiger partial charge in [-0.1, -0.05) is 24.3 Å². The van der Waals surface area contributed by atoms with Crippen LogP contribution in [0.25, 0.3) is 0 Å². The van der Waals surface area contributed by atoms with Crippen molar-refractivity contribution < 1.29 is 8.42 Å². The zero-order valence-corrected chi connectivity index (χ0v) is 12.8. The van der Waals surface area contributed by atoms with Crippen LogP contribution in [0.2, 0.25) is 0 Å². The highest BCUT2D eigenvalue weighted by Crippen LogP contribution is 2.16. The number of H-pyrrole nitrogens is 1. The first-order valence-corrected chi connectivity index (χ1v) is 8.36. The summed E-state index contributed by atoms with van der Waals surface area (Å²) in [5.74, 6) is 0. The topological polar surface area (TPSA) is 91.9 Å². The minimum Gasteiger partial charge on any atom is -0.315 e. The van der Waals surface area contributed by atoms with E-state index in [2.05, 4.69) is 14.7 Å². The first-order chi connectivity index (χ1) is 9.44. The average Bonchev–Trinajstić information content (AvgIpc) is 2.76. The fraction of sp³-hybridized carbons (Fsp3) is 0.333. The van der Waals surface area contributed by atoms with Crippen molar-refractivity contribution in [2.24, 2.45) is 0 Å². The van der Waals surface area contributed by atoms with Crippen molar-refractivity contribution in [3.63, 3.8) is 0 Å². The van der Waals surface area contributed by atoms with Gasteiger partial charge in [-0.05, 0) is 25.0 Å². The Bertz CT molecular complexity index is 762. The molecule has 20 heavy (non-hydrogen) atoms. The van der Waals surface area contributed by atoms with Crippen molar-refractivity contribution in [2.75, 3.05) is 0 Å². The van der Waals surface area contributed by atoms with Gasteiger partial charge >= 0.3 is 4.87 Å². The molecule has 0 aliphatic rings. The fourth-order valence-electron chi connectivity index (χ4n) is 1.83. The van der Waals surface area contributed by atoms with Gasteiger partial charge in [-0.2, -0.15) is 0 Å². The lowest BCUT2D eigenvalue weighted by molar-refractivity contribution is 0.581. The van der Waals surface area contributed by atoms with E-state index in [1.165, 1.54) is 0 Å². The van der Waals surface area contributed by atoms with Crippen LogP contribution >= 0.6 is 11.3 Å². The molecule has 0 aliphatic heterocycles. The fourth-order valence-corrected chi connectivity index (χ4v) is 4.16. The summed E-state index contributed by atoms with van der Waals surface area (Å²) >= 11 is 0.684. The van der Waals surface area contributed by atoms with E-state index in [-0.39, 0.29) is 15.6 Å². The lowest BCUT2D eigenvalue weighted by atomic mass is 10.1. The van der Waals surface area contributed by atoms with Crippen molar-refractivity contribution in [3.05, 3.63) is 44.9 Å². The third kappa shape index (κ3) is 3.14. The van der Waals surface area contributed by atoms with Gasteiger partial charge in [0.15, 0.2) is 4.21 Å². The van der Waals surface area contributed by atoms with Crippen molar-refractivity contribution in [2.45, 2.75) is 31.0 Å². The molecular formula is C12H15N3O3S2. The first kappa shape index (κ1) is 14.9. The van der Waals surface area contributed by atoms with Crippen molar-refractivity contribution in [1.82, 2.24) is 14.7 Å². The number of sulfonamides is 1. The molecule has 2 aromatic heterocycles. The standard InChI is InChI=1S/C12H15N3O3S2/c1-3-9-5-4-6-13-10(9)7-14-20(17,18)11-8(2)15-12(16)19-11/h4-6,14H,3,7H2,1-2H3,(H,15,16). The largest absolute Gasteiger partial charge is 0.315 e. The first-order valence-electron chi connectivity index (χ1n) is 6.06. The Labute approximate surface area is 121 Å². The third-order valence-corrected chi connectivity index (χ3v) is 5.83. The summed E-state index contributed by atoms with van der Waals surface area (Å²) in [7, 11) is -3.70. The molecule has 0 aliphatic carbocycles. The van der Waals surface area contributed by atoms with Crippen molar-refractivity contribution in [1.29, 1.82) is 0 Å². The molecule has 0 bridgehead atoms. The van der Waals surface area contributed by atoms with Crippen LogP contribution in [-0.2, 0) is 23.0 Å². The highest BCUT2D eigenvalue weighted by Gasteiger charge is 2.20. The highest BCUT2D eigenvalue weighted by atomic mass is 32.2. The average molecular weight is 313 g/mol. The summed E-state index contributed by atoms with van der Waals surface area (Å²) in [6, 6.07) is 3.73. The van der Waals surface area contributed by atoms with Crippen LogP contribution in [0.15, 0.2) is 27.3 Å². The molecule has 0 fully saturated rings. The van der Waals surface area contributed by atoms with Gasteiger partial charge in [-0.3, -0.25) is 9.78 Å². The third-order valence-electron chi connectivity index (χ3n) is 2.82. The summed E-state index contributed by atoms with van der Waals surface area (Å²) in [6.07, 6.45) is 2.41. The van der Waals surface area contributed by atoms with Gasteiger partial charge in [0.1, 0.15) is 0 Å². The monoisotopic (exact) mass is 313 g/mol. The number of hydrogen-bond acceptors (Lipinski definition) is 5. The number of nitrogens with one attached hydrogen (secondary N) is 2. The lowest BCUT2D eigenvalue weighted by Gasteiger charge is -2.08. The zero-order valence-electron chi connectivity index (χ0n) is 11.1. The molecule has 0 amide bonds. The number of nitrogens with zero attached hydrogens (tertiary/aromatic N) is 1. The van der Waals surface area contributed by atoms with E-state index in [9.17, 15) is 13.2 Å². The maximum absolute atomic E-state index is 12.2. The van der Waals surface area contributed by atoms with Gasteiger partial charge < -0.3 is 4.98 Å². The number of aryl methyl sites for hydroxylation is 2. The van der Waals surface area contributed by atoms with Gasteiger partial charge in [0.2, 0.25) is 0 Å². The SMILES string of the molecule is CCc1cccnc1CNS(=O)(=O)c1sc(=O)[nH]c1C. The predicted octanol–water partition coefficient (Wildman–Crippen LogP) is 1.18. The molecule has 6 nitrogen and oxygen atoms in total. The van der Waals surface area contributed by atoms with Crippen LogP contribution in [0.1, 0.15) is 23.9 Å². The number of thiazole rings is 1. The number of pyridine rings is 1. The molecule has 2 aromatic rings. The Morgan fingerprint density at radius 2 is 2.20 bits per heavy atom. The number of aromatic amines is 1. The molecule has 0 saturated heterocycles. The summed E-state index contributed by atoms with van der Waals surface area (Å²) in [6.45, 7) is 3.65. The second-order valence-corrected chi connectivity index (χ2v) is 7.16. The molecule has 2 N–H and O–H groups in total. The second-order valence-electron chi connectivity index (χ2n) is 4.21. The van der Waals surface area contributed by atoms with Crippen molar-refractivity contribution in [3.8, 4) is 0 Å². The molecule has 0 spiro atoms. The van der Waals surface area contributed by atoms with E-state index in [0.717, 1.165) is 12.0 Å². The highest BCUT2D eigenvalue weighted by molar-refractivity contribution is 7.91. The van der Waals surface area contributed by atoms with Gasteiger partial charge in [-0.25, -0.2) is 13.1 Å². The van der Waals surface area contributed by atoms with E-state index in [0.29, 0.717) is 22.7 Å². The van der Waals surface area contributed by atoms with E-state index in [1.54, 1.807) is 13.1 Å². The smallest absolute Gasteiger partial charge is 0.305 e. The van der Waals surface area contributed by atoms with Crippen LogP contribution in [0.4, 0.5) is 0 Å². The summed E-state index contributed by atoms with van der Waals surface area (Å²) in [4.78, 5) is 17.5. The maximum atomic E-state index is 12.2. The Morgan fingerprint density at radius 3 is 2.80 bits per heavy atom. The molecule has 2 rings (SSSR count). The molecular weight excluding hydrogens is 298 g/mol. The van der Waals surface area contributed by atoms with Crippen LogP contribution < -0.4 is 9.60 Å². The molecule has 0 saturated carbocycles. The molecule has 0 aromatic carbocycles. The maximum Gasteiger partial charge on any atom is 0.305 e. The van der Waals surface area contributed by atoms with E-state index < -0.39 is 10.0 Å². The van der Waals surface area contributed by atoms with Gasteiger partial charge in [0, 0.05) is 11.9 Å². The summed E-state index contributed by atoms with van der Waals surface area (Å²) in [5, 5.41) is 0. The Hall–Kier alpha value is -1.51. The summed E-state index contributed by atoms with van der Waals surface area (Å²) < 4.78 is 26.8. The molecule has 0 radical (unpaired) electrons. The van der Waals surface area contributed by atoms with Gasteiger partial charge in [0.25, 0.3) is 10.0 Å². The predicted molar refractivity (Wildman–Crippen MR) is 77.3 cm³/mol. The normalized spacial score (nSPS) is 11.7. The Kier molecular flexibility index (Phi) is 4.36. The van der Waals surface area contributed by atoms with Crippen LogP contribution in [0.5, 0.6) is 0 Å². The quantitative estimate of drug-likeness (QED) is 0.867. The van der Waals surface area contributed by atoms with Gasteiger partial charge in [0.05, 0.1) is 12.2 Å². The molecule has 0 unspecified atom stereocenters. The van der Waals surface area contributed by atoms with E-state index in [1.807, 2.05) is 19.1 Å². The minimum absolute atomic E-state index is 0.0245. The molecule has 8 heteroatoms. The van der Waals surface area contributed by atoms with Crippen LogP contribution in [0.3, 0.4) is 0 Å². The summed E-state index contributed by atoms with van der Waals surface area (Å²) in [5.41, 5.74) is 2.04.